The first kappa shape index (κ1) is 22.7. The molecule has 0 aromatic rings. The summed E-state index contributed by atoms with van der Waals surface area (Å²) < 4.78 is 0. The van der Waals surface area contributed by atoms with E-state index in [4.69, 9.17) is 28.7 Å². The molecule has 9 nitrogen and oxygen atoms in total. The molecule has 2 atom stereocenters. The third kappa shape index (κ3) is 11.1. The maximum atomic E-state index is 11.9. The van der Waals surface area contributed by atoms with Crippen molar-refractivity contribution in [1.29, 1.82) is 0 Å². The molecule has 0 bridgehead atoms. The molecule has 0 aromatic carbocycles. The Hall–Kier alpha value is -1.58. The first-order valence-electron chi connectivity index (χ1n) is 6.99. The zero-order chi connectivity index (χ0) is 16.3. The molecule has 0 rings (SSSR count). The van der Waals surface area contributed by atoms with Crippen molar-refractivity contribution >= 4 is 30.2 Å². The smallest absolute Gasteiger partial charge is 0.240 e. The number of carbonyl (C=O) groups excluding carboxylic acids is 2. The zero-order valence-electron chi connectivity index (χ0n) is 12.7. The average molecular weight is 338 g/mol. The third-order valence-electron chi connectivity index (χ3n) is 2.91. The number of aliphatic imine (C=N–C) groups is 1. The number of nitrogens with zero attached hydrogens (tertiary/aromatic N) is 1. The second-order valence-electron chi connectivity index (χ2n) is 4.80. The predicted octanol–water partition coefficient (Wildman–Crippen LogP) is -2.11. The molecule has 0 radical (unpaired) electrons. The molecule has 0 aliphatic heterocycles. The van der Waals surface area contributed by atoms with Gasteiger partial charge >= 0.3 is 0 Å². The number of rotatable bonds is 11. The fraction of sp³-hybridized carbons (Fsp3) is 0.750. The van der Waals surface area contributed by atoms with E-state index in [0.29, 0.717) is 32.4 Å². The summed E-state index contributed by atoms with van der Waals surface area (Å²) in [5.74, 6) is -1.02. The summed E-state index contributed by atoms with van der Waals surface area (Å²) in [5.41, 5.74) is 26.7. The second kappa shape index (κ2) is 13.1. The highest BCUT2D eigenvalue weighted by atomic mass is 35.5. The molecule has 0 aliphatic carbocycles. The summed E-state index contributed by atoms with van der Waals surface area (Å²) in [7, 11) is 0. The summed E-state index contributed by atoms with van der Waals surface area (Å²) in [6.45, 7) is 0.924. The van der Waals surface area contributed by atoms with Crippen LogP contribution >= 0.6 is 12.4 Å². The van der Waals surface area contributed by atoms with Crippen molar-refractivity contribution in [2.24, 2.45) is 33.7 Å². The molecule has 10 heteroatoms. The van der Waals surface area contributed by atoms with Gasteiger partial charge < -0.3 is 34.0 Å². The molecular weight excluding hydrogens is 310 g/mol. The summed E-state index contributed by atoms with van der Waals surface area (Å²) in [5, 5.41) is 2.55. The van der Waals surface area contributed by atoms with Crippen molar-refractivity contribution in [3.05, 3.63) is 0 Å². The van der Waals surface area contributed by atoms with Gasteiger partial charge in [-0.1, -0.05) is 6.42 Å². The van der Waals surface area contributed by atoms with Gasteiger partial charge in [-0.25, -0.2) is 0 Å². The number of guanidine groups is 1. The first-order valence-corrected chi connectivity index (χ1v) is 6.99. The first-order chi connectivity index (χ1) is 9.88. The summed E-state index contributed by atoms with van der Waals surface area (Å²) in [4.78, 5) is 27.0. The van der Waals surface area contributed by atoms with Gasteiger partial charge in [0.05, 0.1) is 6.04 Å². The van der Waals surface area contributed by atoms with Crippen LogP contribution in [-0.4, -0.2) is 42.9 Å². The van der Waals surface area contributed by atoms with Gasteiger partial charge in [0.25, 0.3) is 0 Å². The van der Waals surface area contributed by atoms with E-state index in [9.17, 15) is 9.59 Å². The van der Waals surface area contributed by atoms with Gasteiger partial charge in [0.2, 0.25) is 11.8 Å². The molecule has 2 amide bonds. The SMILES string of the molecule is Cl.NCCCCC(N)C(=O)NC(CCCN=C(N)N)C(N)=O. The van der Waals surface area contributed by atoms with E-state index in [0.717, 1.165) is 12.8 Å². The van der Waals surface area contributed by atoms with Crippen LogP contribution in [0.4, 0.5) is 0 Å². The Labute approximate surface area is 136 Å². The Balaban J connectivity index is 0. The second-order valence-corrected chi connectivity index (χ2v) is 4.80. The monoisotopic (exact) mass is 337 g/mol. The van der Waals surface area contributed by atoms with Crippen LogP contribution in [0.3, 0.4) is 0 Å². The van der Waals surface area contributed by atoms with Crippen LogP contribution < -0.4 is 34.0 Å². The number of primary amides is 1. The molecule has 0 saturated carbocycles. The number of hydrogen-bond acceptors (Lipinski definition) is 5. The molecule has 0 fully saturated rings. The summed E-state index contributed by atoms with van der Waals surface area (Å²) >= 11 is 0. The van der Waals surface area contributed by atoms with E-state index in [1.807, 2.05) is 0 Å². The average Bonchev–Trinajstić information content (AvgIpc) is 2.41. The fourth-order valence-electron chi connectivity index (χ4n) is 1.71. The number of hydrogen-bond donors (Lipinski definition) is 6. The van der Waals surface area contributed by atoms with Crippen molar-refractivity contribution in [2.45, 2.75) is 44.2 Å². The van der Waals surface area contributed by atoms with E-state index >= 15 is 0 Å². The highest BCUT2D eigenvalue weighted by Gasteiger charge is 2.21. The van der Waals surface area contributed by atoms with Crippen LogP contribution in [0.1, 0.15) is 32.1 Å². The van der Waals surface area contributed by atoms with Crippen LogP contribution in [0.5, 0.6) is 0 Å². The number of carbonyl (C=O) groups is 2. The molecule has 0 aromatic heterocycles. The molecule has 11 N–H and O–H groups in total. The molecule has 0 saturated heterocycles. The molecule has 0 aliphatic rings. The van der Waals surface area contributed by atoms with Gasteiger partial charge in [-0.05, 0) is 32.2 Å². The summed E-state index contributed by atoms with van der Waals surface area (Å²) in [6, 6.07) is -1.44. The Kier molecular flexibility index (Phi) is 13.5. The lowest BCUT2D eigenvalue weighted by molar-refractivity contribution is -0.128. The minimum absolute atomic E-state index is 0. The van der Waals surface area contributed by atoms with Gasteiger partial charge in [0.1, 0.15) is 6.04 Å². The largest absolute Gasteiger partial charge is 0.370 e. The molecule has 2 unspecified atom stereocenters. The normalized spacial score (nSPS) is 12.6. The van der Waals surface area contributed by atoms with Crippen LogP contribution in [-0.2, 0) is 9.59 Å². The number of nitrogens with two attached hydrogens (primary N) is 5. The lowest BCUT2D eigenvalue weighted by Crippen LogP contribution is -2.50. The van der Waals surface area contributed by atoms with Gasteiger partial charge in [0, 0.05) is 6.54 Å². The van der Waals surface area contributed by atoms with E-state index in [-0.39, 0.29) is 18.4 Å². The number of halogens is 1. The van der Waals surface area contributed by atoms with Crippen molar-refractivity contribution < 1.29 is 9.59 Å². The predicted molar refractivity (Wildman–Crippen MR) is 89.2 cm³/mol. The third-order valence-corrected chi connectivity index (χ3v) is 2.91. The van der Waals surface area contributed by atoms with E-state index in [1.165, 1.54) is 0 Å². The molecule has 0 spiro atoms. The van der Waals surface area contributed by atoms with Gasteiger partial charge in [-0.15, -0.1) is 12.4 Å². The van der Waals surface area contributed by atoms with E-state index in [1.54, 1.807) is 0 Å². The molecule has 0 heterocycles. The van der Waals surface area contributed by atoms with E-state index < -0.39 is 23.9 Å². The number of amides is 2. The highest BCUT2D eigenvalue weighted by molar-refractivity contribution is 5.88. The van der Waals surface area contributed by atoms with Crippen molar-refractivity contribution in [3.63, 3.8) is 0 Å². The fourth-order valence-corrected chi connectivity index (χ4v) is 1.71. The zero-order valence-corrected chi connectivity index (χ0v) is 13.5. The topological polar surface area (TPSA) is 189 Å². The lowest BCUT2D eigenvalue weighted by Gasteiger charge is -2.18. The highest BCUT2D eigenvalue weighted by Crippen LogP contribution is 2.01. The number of nitrogens with one attached hydrogen (secondary N) is 1. The van der Waals surface area contributed by atoms with Crippen LogP contribution in [0.2, 0.25) is 0 Å². The maximum absolute atomic E-state index is 11.9. The Bertz CT molecular complexity index is 361. The van der Waals surface area contributed by atoms with Crippen LogP contribution in [0, 0.1) is 0 Å². The minimum Gasteiger partial charge on any atom is -0.370 e. The minimum atomic E-state index is -0.771. The van der Waals surface area contributed by atoms with Gasteiger partial charge in [-0.2, -0.15) is 0 Å². The Morgan fingerprint density at radius 2 is 1.68 bits per heavy atom. The van der Waals surface area contributed by atoms with Crippen molar-refractivity contribution in [2.75, 3.05) is 13.1 Å². The van der Waals surface area contributed by atoms with Crippen LogP contribution in [0.15, 0.2) is 4.99 Å². The molecular formula is C12H28ClN7O2. The molecule has 130 valence electrons. The van der Waals surface area contributed by atoms with Crippen molar-refractivity contribution in [3.8, 4) is 0 Å². The van der Waals surface area contributed by atoms with Gasteiger partial charge in [-0.3, -0.25) is 14.6 Å². The Morgan fingerprint density at radius 1 is 1.05 bits per heavy atom. The number of unbranched alkanes of at least 4 members (excludes halogenated alkanes) is 1. The molecule has 22 heavy (non-hydrogen) atoms. The standard InChI is InChI=1S/C12H27N7O2.ClH/c13-6-2-1-4-8(14)11(21)19-9(10(15)20)5-3-7-18-12(16)17;/h8-9H,1-7,13-14H2,(H2,15,20)(H,19,21)(H4,16,17,18);1H. The van der Waals surface area contributed by atoms with E-state index in [2.05, 4.69) is 10.3 Å². The maximum Gasteiger partial charge on any atom is 0.240 e. The van der Waals surface area contributed by atoms with Gasteiger partial charge in [0.15, 0.2) is 5.96 Å². The van der Waals surface area contributed by atoms with Crippen LogP contribution in [0.25, 0.3) is 0 Å². The Morgan fingerprint density at radius 3 is 2.18 bits per heavy atom. The quantitative estimate of drug-likeness (QED) is 0.142. The summed E-state index contributed by atoms with van der Waals surface area (Å²) in [6.07, 6.45) is 2.96. The lowest BCUT2D eigenvalue weighted by atomic mass is 10.1. The van der Waals surface area contributed by atoms with Crippen molar-refractivity contribution in [1.82, 2.24) is 5.32 Å².